The molecule has 0 amide bonds. The number of ether oxygens (including phenoxy) is 4. The molecule has 3 aromatic rings. The topological polar surface area (TPSA) is 71.1 Å². The van der Waals surface area contributed by atoms with E-state index >= 15 is 0 Å². The van der Waals surface area contributed by atoms with E-state index in [0.717, 1.165) is 37.2 Å². The molecule has 3 aromatic carbocycles. The van der Waals surface area contributed by atoms with Crippen molar-refractivity contribution in [2.75, 3.05) is 0 Å². The number of rotatable bonds is 10. The van der Waals surface area contributed by atoms with Crippen LogP contribution in [-0.2, 0) is 19.1 Å². The summed E-state index contributed by atoms with van der Waals surface area (Å²) >= 11 is 0. The number of esters is 2. The maximum Gasteiger partial charge on any atom is 0.335 e. The molecule has 0 aliphatic heterocycles. The Bertz CT molecular complexity index is 1330. The molecule has 8 heteroatoms. The van der Waals surface area contributed by atoms with Crippen LogP contribution < -0.4 is 9.47 Å². The lowest BCUT2D eigenvalue weighted by molar-refractivity contribution is -0.133. The second-order valence-corrected chi connectivity index (χ2v) is 6.93. The predicted molar refractivity (Wildman–Crippen MR) is 129 cm³/mol. The minimum atomic E-state index is -0.667. The Hall–Kier alpha value is -4.98. The highest BCUT2D eigenvalue weighted by atomic mass is 19.1. The average molecular weight is 490 g/mol. The minimum Gasteiger partial charge on any atom is -0.462 e. The van der Waals surface area contributed by atoms with Gasteiger partial charge in [-0.25, -0.2) is 18.4 Å². The first-order valence-electron chi connectivity index (χ1n) is 10.4. The smallest absolute Gasteiger partial charge is 0.335 e. The lowest BCUT2D eigenvalue weighted by Gasteiger charge is -2.09. The molecule has 0 spiro atoms. The summed E-state index contributed by atoms with van der Waals surface area (Å²) in [6.45, 7) is 6.51. The summed E-state index contributed by atoms with van der Waals surface area (Å²) in [5.41, 5.74) is 2.24. The molecule has 0 N–H and O–H groups in total. The summed E-state index contributed by atoms with van der Waals surface area (Å²) in [5.74, 6) is -2.29. The van der Waals surface area contributed by atoms with Crippen LogP contribution >= 0.6 is 0 Å². The van der Waals surface area contributed by atoms with Gasteiger partial charge in [0.1, 0.15) is 36.6 Å². The Morgan fingerprint density at radius 3 is 1.81 bits per heavy atom. The van der Waals surface area contributed by atoms with Crippen LogP contribution in [0.2, 0.25) is 0 Å². The molecule has 0 atom stereocenters. The monoisotopic (exact) mass is 490 g/mol. The van der Waals surface area contributed by atoms with E-state index in [1.807, 2.05) is 0 Å². The van der Waals surface area contributed by atoms with Crippen LogP contribution in [0.25, 0.3) is 22.3 Å². The third kappa shape index (κ3) is 7.01. The quantitative estimate of drug-likeness (QED) is 0.185. The Balaban J connectivity index is 1.66. The van der Waals surface area contributed by atoms with E-state index < -0.39 is 23.6 Å². The van der Waals surface area contributed by atoms with Crippen molar-refractivity contribution in [3.05, 3.63) is 123 Å². The van der Waals surface area contributed by atoms with Gasteiger partial charge < -0.3 is 18.9 Å². The van der Waals surface area contributed by atoms with Gasteiger partial charge >= 0.3 is 11.9 Å². The van der Waals surface area contributed by atoms with Crippen LogP contribution in [-0.4, -0.2) is 11.9 Å². The summed E-state index contributed by atoms with van der Waals surface area (Å²) in [7, 11) is 0. The number of carbonyl (C=O) groups excluding carboxylic acids is 2. The molecule has 3 rings (SSSR count). The molecule has 0 aromatic heterocycles. The van der Waals surface area contributed by atoms with Gasteiger partial charge in [0.25, 0.3) is 0 Å². The van der Waals surface area contributed by atoms with Crippen LogP contribution in [0.15, 0.2) is 111 Å². The normalized spacial score (nSPS) is 10.7. The summed E-state index contributed by atoms with van der Waals surface area (Å²) in [6, 6.07) is 15.6. The molecule has 0 heterocycles. The molecule has 0 saturated carbocycles. The molecule has 182 valence electrons. The van der Waals surface area contributed by atoms with Crippen molar-refractivity contribution in [1.29, 1.82) is 0 Å². The summed E-state index contributed by atoms with van der Waals surface area (Å²) < 4.78 is 48.6. The van der Waals surface area contributed by atoms with Crippen molar-refractivity contribution in [3.8, 4) is 33.8 Å². The summed E-state index contributed by atoms with van der Waals surface area (Å²) in [6.07, 6.45) is 6.12. The van der Waals surface area contributed by atoms with Crippen molar-refractivity contribution in [1.82, 2.24) is 0 Å². The molecule has 0 unspecified atom stereocenters. The van der Waals surface area contributed by atoms with E-state index in [4.69, 9.17) is 9.47 Å². The Kier molecular flexibility index (Phi) is 8.88. The largest absolute Gasteiger partial charge is 0.462 e. The Morgan fingerprint density at radius 1 is 0.639 bits per heavy atom. The number of benzene rings is 3. The van der Waals surface area contributed by atoms with Gasteiger partial charge in [0.05, 0.1) is 0 Å². The van der Waals surface area contributed by atoms with Gasteiger partial charge in [0.2, 0.25) is 0 Å². The van der Waals surface area contributed by atoms with Gasteiger partial charge in [0.15, 0.2) is 11.6 Å². The van der Waals surface area contributed by atoms with E-state index in [-0.39, 0.29) is 11.5 Å². The van der Waals surface area contributed by atoms with Gasteiger partial charge in [-0.3, -0.25) is 0 Å². The van der Waals surface area contributed by atoms with E-state index in [1.165, 1.54) is 18.2 Å². The van der Waals surface area contributed by atoms with E-state index in [1.54, 1.807) is 42.5 Å². The molecule has 0 saturated heterocycles. The zero-order valence-electron chi connectivity index (χ0n) is 18.9. The van der Waals surface area contributed by atoms with Crippen molar-refractivity contribution >= 4 is 11.9 Å². The SMILES string of the molecule is C=CC(=O)OC=COc1ccc(-c2ccc(-c3ccc(OC=COC(=O)C=C)c(F)c3)cc2)c(F)c1. The second-order valence-electron chi connectivity index (χ2n) is 6.93. The first kappa shape index (κ1) is 25.6. The van der Waals surface area contributed by atoms with Crippen LogP contribution in [0, 0.1) is 11.6 Å². The molecule has 6 nitrogen and oxygen atoms in total. The third-order valence-electron chi connectivity index (χ3n) is 4.61. The molecule has 36 heavy (non-hydrogen) atoms. The highest BCUT2D eigenvalue weighted by molar-refractivity contribution is 5.82. The Morgan fingerprint density at radius 2 is 1.22 bits per heavy atom. The molecule has 0 aliphatic carbocycles. The fourth-order valence-electron chi connectivity index (χ4n) is 2.91. The average Bonchev–Trinajstić information content (AvgIpc) is 2.89. The molecule has 0 fully saturated rings. The summed E-state index contributed by atoms with van der Waals surface area (Å²) in [5, 5.41) is 0. The Labute approximate surface area is 206 Å². The van der Waals surface area contributed by atoms with E-state index in [9.17, 15) is 18.4 Å². The van der Waals surface area contributed by atoms with Crippen molar-refractivity contribution in [2.45, 2.75) is 0 Å². The van der Waals surface area contributed by atoms with E-state index in [2.05, 4.69) is 22.6 Å². The van der Waals surface area contributed by atoms with Crippen molar-refractivity contribution in [3.63, 3.8) is 0 Å². The van der Waals surface area contributed by atoms with Gasteiger partial charge in [0, 0.05) is 23.8 Å². The van der Waals surface area contributed by atoms with Gasteiger partial charge in [-0.15, -0.1) is 0 Å². The number of hydrogen-bond donors (Lipinski definition) is 0. The second kappa shape index (κ2) is 12.5. The molecule has 0 radical (unpaired) electrons. The fraction of sp³-hybridized carbons (Fsp3) is 0. The van der Waals surface area contributed by atoms with Crippen LogP contribution in [0.1, 0.15) is 0 Å². The maximum absolute atomic E-state index is 14.6. The standard InChI is InChI=1S/C28H20F2O6/c1-3-27(31)35-15-13-33-22-10-11-23(24(29)18-22)20-7-5-19(6-8-20)21-9-12-26(25(30)17-21)34-14-16-36-28(32)4-2/h3-18H,1-2H2. The minimum absolute atomic E-state index is 0.0561. The zero-order chi connectivity index (χ0) is 25.9. The summed E-state index contributed by atoms with van der Waals surface area (Å²) in [4.78, 5) is 21.9. The lowest BCUT2D eigenvalue weighted by Crippen LogP contribution is -1.94. The fourth-order valence-corrected chi connectivity index (χ4v) is 2.91. The lowest BCUT2D eigenvalue weighted by atomic mass is 10.00. The van der Waals surface area contributed by atoms with E-state index in [0.29, 0.717) is 22.3 Å². The van der Waals surface area contributed by atoms with Gasteiger partial charge in [-0.2, -0.15) is 0 Å². The zero-order valence-corrected chi connectivity index (χ0v) is 18.9. The molecule has 0 bridgehead atoms. The van der Waals surface area contributed by atoms with Crippen molar-refractivity contribution < 1.29 is 37.3 Å². The predicted octanol–water partition coefficient (Wildman–Crippen LogP) is 6.46. The number of halogens is 2. The molecule has 0 aliphatic rings. The van der Waals surface area contributed by atoms with Gasteiger partial charge in [-0.1, -0.05) is 43.5 Å². The third-order valence-corrected chi connectivity index (χ3v) is 4.61. The van der Waals surface area contributed by atoms with Crippen LogP contribution in [0.4, 0.5) is 8.78 Å². The number of carbonyl (C=O) groups is 2. The van der Waals surface area contributed by atoms with Crippen molar-refractivity contribution in [2.24, 2.45) is 0 Å². The maximum atomic E-state index is 14.6. The number of hydrogen-bond acceptors (Lipinski definition) is 6. The first-order chi connectivity index (χ1) is 17.4. The van der Waals surface area contributed by atoms with Crippen LogP contribution in [0.3, 0.4) is 0 Å². The highest BCUT2D eigenvalue weighted by Gasteiger charge is 2.09. The molecular formula is C28H20F2O6. The van der Waals surface area contributed by atoms with Crippen LogP contribution in [0.5, 0.6) is 11.5 Å². The highest BCUT2D eigenvalue weighted by Crippen LogP contribution is 2.30. The first-order valence-corrected chi connectivity index (χ1v) is 10.4. The molecular weight excluding hydrogens is 470 g/mol. The van der Waals surface area contributed by atoms with Gasteiger partial charge in [-0.05, 0) is 41.0 Å².